The number of benzene rings is 2. The van der Waals surface area contributed by atoms with E-state index >= 15 is 0 Å². The zero-order valence-corrected chi connectivity index (χ0v) is 16.9. The lowest BCUT2D eigenvalue weighted by molar-refractivity contribution is -0.123. The van der Waals surface area contributed by atoms with E-state index in [-0.39, 0.29) is 18.2 Å². The zero-order chi connectivity index (χ0) is 21.3. The number of ether oxygens (including phenoxy) is 2. The maximum atomic E-state index is 12.9. The van der Waals surface area contributed by atoms with Gasteiger partial charge in [0.05, 0.1) is 20.5 Å². The van der Waals surface area contributed by atoms with Gasteiger partial charge in [0.15, 0.2) is 5.76 Å². The summed E-state index contributed by atoms with van der Waals surface area (Å²) < 4.78 is 15.7. The van der Waals surface area contributed by atoms with Crippen LogP contribution in [0.3, 0.4) is 0 Å². The van der Waals surface area contributed by atoms with E-state index in [2.05, 4.69) is 10.6 Å². The molecule has 0 aliphatic carbocycles. The quantitative estimate of drug-likeness (QED) is 0.568. The fraction of sp³-hybridized carbons (Fsp3) is 0.217. The molecule has 1 unspecified atom stereocenters. The number of nitrogens with one attached hydrogen (secondary N) is 2. The van der Waals surface area contributed by atoms with Gasteiger partial charge in [-0.05, 0) is 29.8 Å². The summed E-state index contributed by atoms with van der Waals surface area (Å²) in [6.07, 6.45) is 1.76. The van der Waals surface area contributed by atoms with E-state index < -0.39 is 11.9 Å². The number of hydrogen-bond donors (Lipinski definition) is 2. The van der Waals surface area contributed by atoms with Gasteiger partial charge in [-0.1, -0.05) is 30.3 Å². The topological polar surface area (TPSA) is 89.8 Å². The van der Waals surface area contributed by atoms with Crippen LogP contribution in [0.15, 0.2) is 71.3 Å². The summed E-state index contributed by atoms with van der Waals surface area (Å²) in [5.41, 5.74) is 1.72. The normalized spacial score (nSPS) is 11.4. The van der Waals surface area contributed by atoms with Crippen molar-refractivity contribution in [2.45, 2.75) is 19.0 Å². The van der Waals surface area contributed by atoms with Crippen molar-refractivity contribution in [3.8, 4) is 11.5 Å². The van der Waals surface area contributed by atoms with Gasteiger partial charge in [-0.3, -0.25) is 9.59 Å². The van der Waals surface area contributed by atoms with Crippen LogP contribution in [-0.4, -0.2) is 32.1 Å². The summed E-state index contributed by atoms with van der Waals surface area (Å²) in [5.74, 6) is 0.663. The van der Waals surface area contributed by atoms with Crippen molar-refractivity contribution in [3.63, 3.8) is 0 Å². The van der Waals surface area contributed by atoms with Gasteiger partial charge >= 0.3 is 0 Å². The highest BCUT2D eigenvalue weighted by Gasteiger charge is 2.23. The van der Waals surface area contributed by atoms with Gasteiger partial charge in [0.1, 0.15) is 17.5 Å². The Morgan fingerprint density at radius 2 is 1.80 bits per heavy atom. The first-order valence-electron chi connectivity index (χ1n) is 9.47. The Morgan fingerprint density at radius 3 is 2.47 bits per heavy atom. The smallest absolute Gasteiger partial charge is 0.287 e. The van der Waals surface area contributed by atoms with Crippen molar-refractivity contribution in [2.24, 2.45) is 0 Å². The molecule has 30 heavy (non-hydrogen) atoms. The average molecular weight is 408 g/mol. The molecule has 3 rings (SSSR count). The maximum absolute atomic E-state index is 12.9. The molecule has 2 aromatic carbocycles. The number of hydrogen-bond acceptors (Lipinski definition) is 5. The van der Waals surface area contributed by atoms with E-state index in [9.17, 15) is 9.59 Å². The van der Waals surface area contributed by atoms with E-state index in [4.69, 9.17) is 13.9 Å². The van der Waals surface area contributed by atoms with Gasteiger partial charge in [-0.2, -0.15) is 0 Å². The van der Waals surface area contributed by atoms with E-state index in [0.29, 0.717) is 17.9 Å². The second kappa shape index (κ2) is 10.2. The molecule has 1 atom stereocenters. The summed E-state index contributed by atoms with van der Waals surface area (Å²) in [5, 5.41) is 5.63. The van der Waals surface area contributed by atoms with E-state index in [0.717, 1.165) is 11.1 Å². The minimum Gasteiger partial charge on any atom is -0.497 e. The summed E-state index contributed by atoms with van der Waals surface area (Å²) in [7, 11) is 3.13. The Hall–Kier alpha value is -3.74. The molecule has 1 aromatic heterocycles. The molecule has 0 aliphatic rings. The Balaban J connectivity index is 1.72. The van der Waals surface area contributed by atoms with Crippen molar-refractivity contribution < 1.29 is 23.5 Å². The van der Waals surface area contributed by atoms with Gasteiger partial charge in [-0.25, -0.2) is 0 Å². The number of carbonyl (C=O) groups is 2. The molecule has 156 valence electrons. The van der Waals surface area contributed by atoms with Gasteiger partial charge in [0.2, 0.25) is 5.91 Å². The van der Waals surface area contributed by atoms with Crippen LogP contribution in [0.25, 0.3) is 0 Å². The van der Waals surface area contributed by atoms with E-state index in [1.807, 2.05) is 36.4 Å². The van der Waals surface area contributed by atoms with Crippen molar-refractivity contribution in [1.82, 2.24) is 10.6 Å². The Labute approximate surface area is 175 Å². The third kappa shape index (κ3) is 5.41. The lowest BCUT2D eigenvalue weighted by Gasteiger charge is -2.19. The van der Waals surface area contributed by atoms with Crippen molar-refractivity contribution >= 4 is 11.8 Å². The van der Waals surface area contributed by atoms with E-state index in [1.165, 1.54) is 6.26 Å². The van der Waals surface area contributed by atoms with Crippen molar-refractivity contribution in [3.05, 3.63) is 83.8 Å². The van der Waals surface area contributed by atoms with Crippen LogP contribution in [0.4, 0.5) is 0 Å². The molecule has 0 fully saturated rings. The van der Waals surface area contributed by atoms with Crippen LogP contribution in [0.5, 0.6) is 11.5 Å². The molecule has 0 saturated carbocycles. The lowest BCUT2D eigenvalue weighted by Crippen LogP contribution is -2.47. The first kappa shape index (κ1) is 21.0. The predicted octanol–water partition coefficient (Wildman–Crippen LogP) is 2.95. The molecule has 0 bridgehead atoms. The molecule has 2 amide bonds. The highest BCUT2D eigenvalue weighted by molar-refractivity contribution is 5.95. The first-order valence-corrected chi connectivity index (χ1v) is 9.47. The van der Waals surface area contributed by atoms with Gasteiger partial charge < -0.3 is 24.5 Å². The zero-order valence-electron chi connectivity index (χ0n) is 16.9. The number of amides is 2. The van der Waals surface area contributed by atoms with E-state index in [1.54, 1.807) is 38.5 Å². The molecular formula is C23H24N2O5. The summed E-state index contributed by atoms with van der Waals surface area (Å²) >= 11 is 0. The molecule has 3 aromatic rings. The van der Waals surface area contributed by atoms with Crippen LogP contribution < -0.4 is 20.1 Å². The molecule has 0 aliphatic heterocycles. The fourth-order valence-corrected chi connectivity index (χ4v) is 3.00. The Bertz CT molecular complexity index is 971. The van der Waals surface area contributed by atoms with Crippen LogP contribution >= 0.6 is 0 Å². The van der Waals surface area contributed by atoms with Crippen LogP contribution in [0.2, 0.25) is 0 Å². The standard InChI is InChI=1S/C23H24N2O5/c1-28-18-11-10-17(21(14-18)29-2)15-24-22(26)19(13-16-7-4-3-5-8-16)25-23(27)20-9-6-12-30-20/h3-12,14,19H,13,15H2,1-2H3,(H,24,26)(H,25,27). The minimum absolute atomic E-state index is 0.151. The molecule has 7 heteroatoms. The largest absolute Gasteiger partial charge is 0.497 e. The van der Waals surface area contributed by atoms with Crippen molar-refractivity contribution in [1.29, 1.82) is 0 Å². The first-order chi connectivity index (χ1) is 14.6. The summed E-state index contributed by atoms with van der Waals surface area (Å²) in [4.78, 5) is 25.4. The van der Waals surface area contributed by atoms with Gasteiger partial charge in [-0.15, -0.1) is 0 Å². The van der Waals surface area contributed by atoms with Gasteiger partial charge in [0.25, 0.3) is 5.91 Å². The van der Waals surface area contributed by atoms with Crippen LogP contribution in [-0.2, 0) is 17.8 Å². The number of methoxy groups -OCH3 is 2. The lowest BCUT2D eigenvalue weighted by atomic mass is 10.0. The van der Waals surface area contributed by atoms with Crippen molar-refractivity contribution in [2.75, 3.05) is 14.2 Å². The molecule has 0 spiro atoms. The Kier molecular flexibility index (Phi) is 7.10. The van der Waals surface area contributed by atoms with Crippen LogP contribution in [0.1, 0.15) is 21.7 Å². The minimum atomic E-state index is -0.769. The van der Waals surface area contributed by atoms with Gasteiger partial charge in [0, 0.05) is 24.6 Å². The highest BCUT2D eigenvalue weighted by atomic mass is 16.5. The SMILES string of the molecule is COc1ccc(CNC(=O)C(Cc2ccccc2)NC(=O)c2ccco2)c(OC)c1. The number of rotatable bonds is 9. The monoisotopic (exact) mass is 408 g/mol. The predicted molar refractivity (Wildman–Crippen MR) is 112 cm³/mol. The summed E-state index contributed by atoms with van der Waals surface area (Å²) in [6.45, 7) is 0.244. The Morgan fingerprint density at radius 1 is 1.00 bits per heavy atom. The highest BCUT2D eigenvalue weighted by Crippen LogP contribution is 2.24. The molecule has 2 N–H and O–H groups in total. The fourth-order valence-electron chi connectivity index (χ4n) is 3.00. The number of furan rings is 1. The molecule has 7 nitrogen and oxygen atoms in total. The second-order valence-electron chi connectivity index (χ2n) is 6.59. The molecule has 0 radical (unpaired) electrons. The summed E-state index contributed by atoms with van der Waals surface area (Å²) in [6, 6.07) is 17.3. The van der Waals surface area contributed by atoms with Crippen LogP contribution in [0, 0.1) is 0 Å². The molecule has 1 heterocycles. The third-order valence-electron chi connectivity index (χ3n) is 4.60. The third-order valence-corrected chi connectivity index (χ3v) is 4.60. The molecule has 0 saturated heterocycles. The second-order valence-corrected chi connectivity index (χ2v) is 6.59. The molecular weight excluding hydrogens is 384 g/mol. The maximum Gasteiger partial charge on any atom is 0.287 e. The number of carbonyl (C=O) groups excluding carboxylic acids is 2. The average Bonchev–Trinajstić information content (AvgIpc) is 3.32.